The lowest BCUT2D eigenvalue weighted by Gasteiger charge is -2.07. The zero-order chi connectivity index (χ0) is 8.84. The quantitative estimate of drug-likeness (QED) is 0.653. The highest BCUT2D eigenvalue weighted by Gasteiger charge is 2.56. The SMILES string of the molecule is Cc1noc(C2C3CCCOC32)n1. The maximum Gasteiger partial charge on any atom is 0.232 e. The summed E-state index contributed by atoms with van der Waals surface area (Å²) in [6.07, 6.45) is 2.79. The number of rotatable bonds is 1. The fourth-order valence-corrected chi connectivity index (χ4v) is 2.22. The van der Waals surface area contributed by atoms with Gasteiger partial charge >= 0.3 is 0 Å². The third-order valence-corrected chi connectivity index (χ3v) is 2.92. The molecule has 3 atom stereocenters. The molecule has 2 heterocycles. The summed E-state index contributed by atoms with van der Waals surface area (Å²) >= 11 is 0. The minimum absolute atomic E-state index is 0.369. The Hall–Kier alpha value is -0.900. The first-order chi connectivity index (χ1) is 6.36. The van der Waals surface area contributed by atoms with Crippen molar-refractivity contribution in [3.8, 4) is 0 Å². The Morgan fingerprint density at radius 2 is 2.38 bits per heavy atom. The van der Waals surface area contributed by atoms with Crippen LogP contribution in [0, 0.1) is 12.8 Å². The van der Waals surface area contributed by atoms with Crippen molar-refractivity contribution in [2.24, 2.45) is 5.92 Å². The van der Waals surface area contributed by atoms with Gasteiger partial charge in [-0.1, -0.05) is 5.16 Å². The fourth-order valence-electron chi connectivity index (χ4n) is 2.22. The second-order valence-corrected chi connectivity index (χ2v) is 3.85. The average molecular weight is 180 g/mol. The van der Waals surface area contributed by atoms with Gasteiger partial charge in [0.15, 0.2) is 5.82 Å². The number of hydrogen-bond donors (Lipinski definition) is 0. The second kappa shape index (κ2) is 2.54. The van der Waals surface area contributed by atoms with Crippen LogP contribution < -0.4 is 0 Å². The van der Waals surface area contributed by atoms with Gasteiger partial charge in [-0.25, -0.2) is 0 Å². The van der Waals surface area contributed by atoms with Gasteiger partial charge in [0.25, 0.3) is 0 Å². The third-order valence-electron chi connectivity index (χ3n) is 2.92. The van der Waals surface area contributed by atoms with E-state index in [2.05, 4.69) is 10.1 Å². The normalized spacial score (nSPS) is 37.2. The first kappa shape index (κ1) is 7.50. The van der Waals surface area contributed by atoms with E-state index in [4.69, 9.17) is 9.26 Å². The molecule has 2 aliphatic rings. The van der Waals surface area contributed by atoms with Crippen LogP contribution in [0.2, 0.25) is 0 Å². The highest BCUT2D eigenvalue weighted by molar-refractivity contribution is 5.16. The van der Waals surface area contributed by atoms with E-state index >= 15 is 0 Å². The predicted octanol–water partition coefficient (Wildman–Crippen LogP) is 1.27. The molecular formula is C9H12N2O2. The molecule has 1 aromatic heterocycles. The summed E-state index contributed by atoms with van der Waals surface area (Å²) in [6, 6.07) is 0. The Morgan fingerprint density at radius 1 is 1.46 bits per heavy atom. The molecule has 1 aliphatic carbocycles. The molecule has 1 aromatic rings. The standard InChI is InChI=1S/C9H12N2O2/c1-5-10-9(13-11-5)7-6-3-2-4-12-8(6)7/h6-8H,2-4H2,1H3. The van der Waals surface area contributed by atoms with Crippen LogP contribution in [0.1, 0.15) is 30.5 Å². The Morgan fingerprint density at radius 3 is 3.00 bits per heavy atom. The van der Waals surface area contributed by atoms with E-state index in [1.807, 2.05) is 6.92 Å². The van der Waals surface area contributed by atoms with Gasteiger partial charge in [-0.3, -0.25) is 0 Å². The molecule has 0 N–H and O–H groups in total. The average Bonchev–Trinajstić information content (AvgIpc) is 2.73. The number of fused-ring (bicyclic) bond motifs is 1. The summed E-state index contributed by atoms with van der Waals surface area (Å²) in [6.45, 7) is 2.74. The Bertz CT molecular complexity index is 311. The fraction of sp³-hybridized carbons (Fsp3) is 0.778. The Balaban J connectivity index is 1.81. The molecule has 1 saturated carbocycles. The predicted molar refractivity (Wildman–Crippen MR) is 44.2 cm³/mol. The maximum absolute atomic E-state index is 5.60. The Labute approximate surface area is 76.3 Å². The van der Waals surface area contributed by atoms with Crippen LogP contribution >= 0.6 is 0 Å². The highest BCUT2D eigenvalue weighted by atomic mass is 16.5. The monoisotopic (exact) mass is 180 g/mol. The summed E-state index contributed by atoms with van der Waals surface area (Å²) in [5, 5.41) is 3.79. The van der Waals surface area contributed by atoms with Gasteiger partial charge in [0.05, 0.1) is 12.0 Å². The van der Waals surface area contributed by atoms with Crippen molar-refractivity contribution in [3.05, 3.63) is 11.7 Å². The van der Waals surface area contributed by atoms with Crippen molar-refractivity contribution >= 4 is 0 Å². The van der Waals surface area contributed by atoms with Gasteiger partial charge in [-0.05, 0) is 19.8 Å². The minimum atomic E-state index is 0.369. The van der Waals surface area contributed by atoms with E-state index in [9.17, 15) is 0 Å². The van der Waals surface area contributed by atoms with Crippen molar-refractivity contribution in [3.63, 3.8) is 0 Å². The minimum Gasteiger partial charge on any atom is -0.377 e. The topological polar surface area (TPSA) is 48.2 Å². The molecular weight excluding hydrogens is 168 g/mol. The molecule has 1 aliphatic heterocycles. The lowest BCUT2D eigenvalue weighted by Crippen LogP contribution is -2.05. The van der Waals surface area contributed by atoms with Crippen LogP contribution in [0.3, 0.4) is 0 Å². The summed E-state index contributed by atoms with van der Waals surface area (Å²) in [4.78, 5) is 4.24. The molecule has 3 rings (SSSR count). The smallest absolute Gasteiger partial charge is 0.232 e. The van der Waals surface area contributed by atoms with Crippen molar-refractivity contribution in [1.82, 2.24) is 10.1 Å². The molecule has 2 fully saturated rings. The molecule has 1 saturated heterocycles. The number of aromatic nitrogens is 2. The molecule has 0 radical (unpaired) electrons. The number of ether oxygens (including phenoxy) is 1. The zero-order valence-electron chi connectivity index (χ0n) is 7.56. The molecule has 0 spiro atoms. The van der Waals surface area contributed by atoms with Crippen molar-refractivity contribution < 1.29 is 9.26 Å². The first-order valence-electron chi connectivity index (χ1n) is 4.78. The Kier molecular flexibility index (Phi) is 1.47. The maximum atomic E-state index is 5.60. The van der Waals surface area contributed by atoms with Crippen LogP contribution in [-0.4, -0.2) is 22.9 Å². The molecule has 0 bridgehead atoms. The van der Waals surface area contributed by atoms with E-state index < -0.39 is 0 Å². The number of hydrogen-bond acceptors (Lipinski definition) is 4. The van der Waals surface area contributed by atoms with Crippen LogP contribution in [0.5, 0.6) is 0 Å². The van der Waals surface area contributed by atoms with Crippen LogP contribution in [0.15, 0.2) is 4.52 Å². The van der Waals surface area contributed by atoms with Crippen molar-refractivity contribution in [2.75, 3.05) is 6.61 Å². The number of nitrogens with zero attached hydrogens (tertiary/aromatic N) is 2. The van der Waals surface area contributed by atoms with E-state index in [1.54, 1.807) is 0 Å². The molecule has 4 heteroatoms. The van der Waals surface area contributed by atoms with Gasteiger partial charge in [-0.2, -0.15) is 4.98 Å². The number of aryl methyl sites for hydroxylation is 1. The van der Waals surface area contributed by atoms with Crippen molar-refractivity contribution in [2.45, 2.75) is 31.8 Å². The molecule has 3 unspecified atom stereocenters. The zero-order valence-corrected chi connectivity index (χ0v) is 7.56. The van der Waals surface area contributed by atoms with Crippen LogP contribution in [-0.2, 0) is 4.74 Å². The largest absolute Gasteiger partial charge is 0.377 e. The van der Waals surface area contributed by atoms with E-state index in [1.165, 1.54) is 12.8 Å². The van der Waals surface area contributed by atoms with Gasteiger partial charge in [-0.15, -0.1) is 0 Å². The van der Waals surface area contributed by atoms with E-state index in [-0.39, 0.29) is 0 Å². The van der Waals surface area contributed by atoms with Gasteiger partial charge in [0.1, 0.15) is 0 Å². The second-order valence-electron chi connectivity index (χ2n) is 3.85. The van der Waals surface area contributed by atoms with Crippen LogP contribution in [0.4, 0.5) is 0 Å². The first-order valence-corrected chi connectivity index (χ1v) is 4.78. The lowest BCUT2D eigenvalue weighted by molar-refractivity contribution is 0.0771. The van der Waals surface area contributed by atoms with Gasteiger partial charge in [0.2, 0.25) is 5.89 Å². The van der Waals surface area contributed by atoms with Gasteiger partial charge < -0.3 is 9.26 Å². The summed E-state index contributed by atoms with van der Waals surface area (Å²) < 4.78 is 10.7. The molecule has 0 aromatic carbocycles. The summed E-state index contributed by atoms with van der Waals surface area (Å²) in [5.41, 5.74) is 0. The molecule has 13 heavy (non-hydrogen) atoms. The van der Waals surface area contributed by atoms with E-state index in [0.29, 0.717) is 17.9 Å². The summed E-state index contributed by atoms with van der Waals surface area (Å²) in [7, 11) is 0. The van der Waals surface area contributed by atoms with Crippen LogP contribution in [0.25, 0.3) is 0 Å². The lowest BCUT2D eigenvalue weighted by atomic mass is 10.2. The summed E-state index contributed by atoms with van der Waals surface area (Å²) in [5.74, 6) is 2.53. The molecule has 0 amide bonds. The van der Waals surface area contributed by atoms with Gasteiger partial charge in [0, 0.05) is 12.5 Å². The molecule has 4 nitrogen and oxygen atoms in total. The van der Waals surface area contributed by atoms with Crippen molar-refractivity contribution in [1.29, 1.82) is 0 Å². The third kappa shape index (κ3) is 1.09. The highest BCUT2D eigenvalue weighted by Crippen LogP contribution is 2.53. The van der Waals surface area contributed by atoms with E-state index in [0.717, 1.165) is 18.3 Å². The molecule has 70 valence electrons.